The van der Waals surface area contributed by atoms with Crippen molar-refractivity contribution in [2.45, 2.75) is 0 Å². The van der Waals surface area contributed by atoms with E-state index in [4.69, 9.17) is 0 Å². The number of rotatable bonds is 0. The Morgan fingerprint density at radius 2 is 1.25 bits per heavy atom. The van der Waals surface area contributed by atoms with Gasteiger partial charge >= 0.3 is 23.1 Å². The van der Waals surface area contributed by atoms with Gasteiger partial charge < -0.3 is 2.85 Å². The van der Waals surface area contributed by atoms with Crippen molar-refractivity contribution in [2.24, 2.45) is 0 Å². The first-order valence-corrected chi connectivity index (χ1v) is 0. The van der Waals surface area contributed by atoms with Crippen LogP contribution in [-0.2, 0) is 52.2 Å². The Hall–Kier alpha value is 3.82. The SMILES string of the molecule is [Gd].[H-].[H-].[Mg+2].[Y].[Zn]. The van der Waals surface area contributed by atoms with Gasteiger partial charge in [0.2, 0.25) is 0 Å². The van der Waals surface area contributed by atoms with Crippen molar-refractivity contribution < 1.29 is 95.0 Å². The minimum Gasteiger partial charge on any atom is -1.00 e. The molecule has 0 rings (SSSR count). The summed E-state index contributed by atoms with van der Waals surface area (Å²) in [4.78, 5) is 0. The van der Waals surface area contributed by atoms with Gasteiger partial charge in [0, 0.05) is 92.1 Å². The van der Waals surface area contributed by atoms with E-state index in [-0.39, 0.29) is 118 Å². The Morgan fingerprint density at radius 1 is 1.25 bits per heavy atom. The van der Waals surface area contributed by atoms with Crippen molar-refractivity contribution in [3.8, 4) is 0 Å². The fourth-order valence-corrected chi connectivity index (χ4v) is 0. The molecule has 0 aliphatic carbocycles. The topological polar surface area (TPSA) is 0 Å². The molecule has 1 radical (unpaired) electrons. The first kappa shape index (κ1) is 24.9. The molecular weight excluding hydrogens is 336 g/mol. The summed E-state index contributed by atoms with van der Waals surface area (Å²) in [6.45, 7) is 0. The average molecular weight is 338 g/mol. The molecule has 0 amide bonds. The molecule has 0 aromatic rings. The van der Waals surface area contributed by atoms with E-state index in [1.165, 1.54) is 0 Å². The van der Waals surface area contributed by atoms with E-state index >= 15 is 0 Å². The molecule has 4 heteroatoms. The molecule has 0 spiro atoms. The molecule has 0 N–H and O–H groups in total. The van der Waals surface area contributed by atoms with Crippen LogP contribution in [0.1, 0.15) is 2.85 Å². The largest absolute Gasteiger partial charge is 2.00 e. The third kappa shape index (κ3) is 9.26. The summed E-state index contributed by atoms with van der Waals surface area (Å²) in [5.41, 5.74) is 0. The van der Waals surface area contributed by atoms with E-state index in [1.54, 1.807) is 0 Å². The minimum absolute atomic E-state index is 0. The van der Waals surface area contributed by atoms with Gasteiger partial charge in [0.1, 0.15) is 0 Å². The fourth-order valence-electron chi connectivity index (χ4n) is 0. The standard InChI is InChI=1S/Gd.Mg.Y.Zn.2H/q;+2;;;2*-1. The second-order valence-electron chi connectivity index (χ2n) is 0. The Labute approximate surface area is 115 Å². The van der Waals surface area contributed by atoms with Crippen molar-refractivity contribution in [2.75, 3.05) is 0 Å². The summed E-state index contributed by atoms with van der Waals surface area (Å²) in [6, 6.07) is 0. The zero-order valence-electron chi connectivity index (χ0n) is 4.35. The molecule has 0 nitrogen and oxygen atoms in total. The average Bonchev–Trinajstić information content (AvgIpc) is 0. The molecule has 0 saturated carbocycles. The third-order valence-electron chi connectivity index (χ3n) is 0. The first-order valence-electron chi connectivity index (χ1n) is 0. The zero-order chi connectivity index (χ0) is 0. The van der Waals surface area contributed by atoms with Gasteiger partial charge in [-0.25, -0.2) is 0 Å². The Kier molecular flexibility index (Phi) is 98.7. The van der Waals surface area contributed by atoms with Gasteiger partial charge in [0.05, 0.1) is 0 Å². The van der Waals surface area contributed by atoms with Gasteiger partial charge in [0.25, 0.3) is 0 Å². The van der Waals surface area contributed by atoms with Gasteiger partial charge in [-0.3, -0.25) is 0 Å². The van der Waals surface area contributed by atoms with E-state index in [0.717, 1.165) is 0 Å². The van der Waals surface area contributed by atoms with Crippen LogP contribution in [0, 0.1) is 39.9 Å². The summed E-state index contributed by atoms with van der Waals surface area (Å²) in [7, 11) is 0. The summed E-state index contributed by atoms with van der Waals surface area (Å²) < 4.78 is 0. The minimum atomic E-state index is 0. The van der Waals surface area contributed by atoms with Gasteiger partial charge in [-0.05, 0) is 0 Å². The summed E-state index contributed by atoms with van der Waals surface area (Å²) in [5.74, 6) is 0. The second-order valence-corrected chi connectivity index (χ2v) is 0. The monoisotopic (exact) mass is 337 g/mol. The van der Waals surface area contributed by atoms with Gasteiger partial charge in [-0.2, -0.15) is 0 Å². The van der Waals surface area contributed by atoms with Crippen LogP contribution in [0.5, 0.6) is 0 Å². The van der Waals surface area contributed by atoms with Crippen LogP contribution in [0.15, 0.2) is 0 Å². The van der Waals surface area contributed by atoms with Crippen molar-refractivity contribution in [3.63, 3.8) is 0 Å². The fraction of sp³-hybridized carbons (Fsp3) is 0. The van der Waals surface area contributed by atoms with Crippen LogP contribution >= 0.6 is 0 Å². The predicted octanol–water partition coefficient (Wildman–Crippen LogP) is -0.161. The second kappa shape index (κ2) is 15.8. The maximum atomic E-state index is 0. The maximum Gasteiger partial charge on any atom is 2.00 e. The van der Waals surface area contributed by atoms with Crippen LogP contribution in [-0.4, -0.2) is 23.1 Å². The molecule has 0 fully saturated rings. The molecule has 0 aliphatic rings. The van der Waals surface area contributed by atoms with Gasteiger partial charge in [-0.15, -0.1) is 0 Å². The molecule has 0 atom stereocenters. The van der Waals surface area contributed by atoms with E-state index < -0.39 is 0 Å². The van der Waals surface area contributed by atoms with Crippen molar-refractivity contribution >= 4 is 23.1 Å². The zero-order valence-corrected chi connectivity index (χ0v) is 11.8. The van der Waals surface area contributed by atoms with Crippen LogP contribution in [0.3, 0.4) is 0 Å². The Balaban J connectivity index is 0. The Morgan fingerprint density at radius 3 is 1.25 bits per heavy atom. The Bertz CT molecular complexity index is 13.5. The normalized spacial score (nSPS) is 0. The summed E-state index contributed by atoms with van der Waals surface area (Å²) in [6.07, 6.45) is 0. The quantitative estimate of drug-likeness (QED) is 0.539. The van der Waals surface area contributed by atoms with Crippen molar-refractivity contribution in [3.05, 3.63) is 0 Å². The molecule has 17 valence electrons. The summed E-state index contributed by atoms with van der Waals surface area (Å²) >= 11 is 0. The predicted molar refractivity (Wildman–Crippen MR) is 7.98 cm³/mol. The maximum absolute atomic E-state index is 0. The van der Waals surface area contributed by atoms with Gasteiger partial charge in [0.15, 0.2) is 0 Å². The van der Waals surface area contributed by atoms with E-state index in [1.807, 2.05) is 0 Å². The molecule has 0 aromatic heterocycles. The summed E-state index contributed by atoms with van der Waals surface area (Å²) in [5, 5.41) is 0. The molecular formula is H2GdMgYZn. The molecule has 0 heterocycles. The van der Waals surface area contributed by atoms with Crippen LogP contribution in [0.25, 0.3) is 0 Å². The van der Waals surface area contributed by atoms with Gasteiger partial charge in [-0.1, -0.05) is 0 Å². The van der Waals surface area contributed by atoms with E-state index in [0.29, 0.717) is 0 Å². The smallest absolute Gasteiger partial charge is 1.00 e. The van der Waals surface area contributed by atoms with Crippen LogP contribution in [0.2, 0.25) is 0 Å². The molecule has 4 heavy (non-hydrogen) atoms. The van der Waals surface area contributed by atoms with E-state index in [2.05, 4.69) is 0 Å². The molecule has 0 bridgehead atoms. The number of hydrogen-bond acceptors (Lipinski definition) is 0. The van der Waals surface area contributed by atoms with Crippen molar-refractivity contribution in [1.82, 2.24) is 0 Å². The van der Waals surface area contributed by atoms with Crippen LogP contribution in [0.4, 0.5) is 0 Å². The first-order chi connectivity index (χ1) is 0. The molecule has 0 unspecified atom stereocenters. The molecule has 0 saturated heterocycles. The van der Waals surface area contributed by atoms with E-state index in [9.17, 15) is 0 Å². The third-order valence-corrected chi connectivity index (χ3v) is 0. The molecule has 0 aliphatic heterocycles. The molecule has 0 aromatic carbocycles. The van der Waals surface area contributed by atoms with Crippen LogP contribution < -0.4 is 0 Å². The van der Waals surface area contributed by atoms with Crippen molar-refractivity contribution in [1.29, 1.82) is 0 Å². The number of hydrogen-bond donors (Lipinski definition) is 0.